The lowest BCUT2D eigenvalue weighted by Crippen LogP contribution is -2.45. The number of nitro benzene ring substituents is 1. The number of carbonyl (C=O) groups is 1. The number of piperidine rings is 1. The van der Waals surface area contributed by atoms with Crippen LogP contribution >= 0.6 is 0 Å². The molecule has 1 heterocycles. The van der Waals surface area contributed by atoms with Gasteiger partial charge in [-0.2, -0.15) is 0 Å². The lowest BCUT2D eigenvalue weighted by Gasteiger charge is -2.29. The average molecular weight is 235 g/mol. The molecule has 0 saturated carbocycles. The van der Waals surface area contributed by atoms with Gasteiger partial charge in [0.1, 0.15) is 0 Å². The Morgan fingerprint density at radius 1 is 1.41 bits per heavy atom. The van der Waals surface area contributed by atoms with Crippen molar-refractivity contribution in [1.82, 2.24) is 5.32 Å². The summed E-state index contributed by atoms with van der Waals surface area (Å²) in [4.78, 5) is 21.8. The maximum Gasteiger partial charge on any atom is 0.274 e. The Kier molecular flexibility index (Phi) is 3.06. The van der Waals surface area contributed by atoms with E-state index >= 15 is 0 Å². The maximum absolute atomic E-state index is 11.3. The van der Waals surface area contributed by atoms with Crippen molar-refractivity contribution >= 4 is 11.6 Å². The summed E-state index contributed by atoms with van der Waals surface area (Å²) in [6, 6.07) is 5.59. The molecule has 1 aromatic rings. The quantitative estimate of drug-likeness (QED) is 0.587. The standard InChI is InChI=1S/C11H13N3O3/c12-8-5-6-10(15)13-11(8)7-3-1-2-4-9(7)14(16)17/h1-4,8,11H,5-6,12H2,(H,13,15). The number of hydrogen-bond donors (Lipinski definition) is 2. The minimum Gasteiger partial charge on any atom is -0.347 e. The topological polar surface area (TPSA) is 98.3 Å². The van der Waals surface area contributed by atoms with Crippen LogP contribution in [-0.4, -0.2) is 16.9 Å². The van der Waals surface area contributed by atoms with Gasteiger partial charge in [0, 0.05) is 18.5 Å². The zero-order valence-corrected chi connectivity index (χ0v) is 9.13. The highest BCUT2D eigenvalue weighted by molar-refractivity contribution is 5.77. The zero-order chi connectivity index (χ0) is 12.4. The largest absolute Gasteiger partial charge is 0.347 e. The maximum atomic E-state index is 11.3. The molecule has 0 aliphatic carbocycles. The fraction of sp³-hybridized carbons (Fsp3) is 0.364. The van der Waals surface area contributed by atoms with E-state index in [1.165, 1.54) is 6.07 Å². The minimum absolute atomic E-state index is 0.00449. The van der Waals surface area contributed by atoms with E-state index in [9.17, 15) is 14.9 Å². The molecule has 1 aliphatic rings. The van der Waals surface area contributed by atoms with E-state index in [-0.39, 0.29) is 17.6 Å². The van der Waals surface area contributed by atoms with Crippen molar-refractivity contribution in [3.05, 3.63) is 39.9 Å². The summed E-state index contributed by atoms with van der Waals surface area (Å²) in [7, 11) is 0. The first-order valence-corrected chi connectivity index (χ1v) is 5.38. The summed E-state index contributed by atoms with van der Waals surface area (Å²) in [6.07, 6.45) is 0.918. The third-order valence-electron chi connectivity index (χ3n) is 2.92. The van der Waals surface area contributed by atoms with Gasteiger partial charge in [0.2, 0.25) is 5.91 Å². The number of carbonyl (C=O) groups excluding carboxylic acids is 1. The van der Waals surface area contributed by atoms with E-state index < -0.39 is 11.0 Å². The lowest BCUT2D eigenvalue weighted by atomic mass is 9.92. The molecule has 0 radical (unpaired) electrons. The minimum atomic E-state index is -0.474. The molecular formula is C11H13N3O3. The van der Waals surface area contributed by atoms with Crippen LogP contribution in [0.25, 0.3) is 0 Å². The number of nitro groups is 1. The fourth-order valence-corrected chi connectivity index (χ4v) is 2.04. The van der Waals surface area contributed by atoms with Gasteiger partial charge in [-0.25, -0.2) is 0 Å². The van der Waals surface area contributed by atoms with E-state index in [1.807, 2.05) is 0 Å². The van der Waals surface area contributed by atoms with Crippen LogP contribution in [0.5, 0.6) is 0 Å². The molecule has 6 nitrogen and oxygen atoms in total. The molecule has 1 saturated heterocycles. The van der Waals surface area contributed by atoms with Crippen molar-refractivity contribution in [3.63, 3.8) is 0 Å². The third kappa shape index (κ3) is 2.26. The van der Waals surface area contributed by atoms with Gasteiger partial charge in [0.25, 0.3) is 5.69 Å². The van der Waals surface area contributed by atoms with Crippen molar-refractivity contribution in [3.8, 4) is 0 Å². The van der Waals surface area contributed by atoms with Crippen LogP contribution in [0.3, 0.4) is 0 Å². The van der Waals surface area contributed by atoms with Crippen LogP contribution in [0.4, 0.5) is 5.69 Å². The lowest BCUT2D eigenvalue weighted by molar-refractivity contribution is -0.385. The second-order valence-electron chi connectivity index (χ2n) is 4.06. The van der Waals surface area contributed by atoms with Gasteiger partial charge in [0.05, 0.1) is 16.5 Å². The van der Waals surface area contributed by atoms with Crippen LogP contribution in [0.15, 0.2) is 24.3 Å². The summed E-state index contributed by atoms with van der Waals surface area (Å²) in [5.41, 5.74) is 6.37. The molecule has 1 fully saturated rings. The number of nitrogens with one attached hydrogen (secondary N) is 1. The van der Waals surface area contributed by atoms with Gasteiger partial charge < -0.3 is 11.1 Å². The van der Waals surface area contributed by atoms with Gasteiger partial charge in [-0.1, -0.05) is 18.2 Å². The first-order chi connectivity index (χ1) is 8.09. The number of rotatable bonds is 2. The van der Waals surface area contributed by atoms with Gasteiger partial charge in [0.15, 0.2) is 0 Å². The average Bonchev–Trinajstić information content (AvgIpc) is 2.32. The smallest absolute Gasteiger partial charge is 0.274 e. The molecular weight excluding hydrogens is 222 g/mol. The Bertz CT molecular complexity index is 461. The zero-order valence-electron chi connectivity index (χ0n) is 9.13. The number of para-hydroxylation sites is 1. The third-order valence-corrected chi connectivity index (χ3v) is 2.92. The molecule has 3 N–H and O–H groups in total. The highest BCUT2D eigenvalue weighted by Crippen LogP contribution is 2.29. The molecule has 1 aromatic carbocycles. The van der Waals surface area contributed by atoms with Crippen LogP contribution in [0.1, 0.15) is 24.4 Å². The molecule has 2 unspecified atom stereocenters. The van der Waals surface area contributed by atoms with E-state index in [1.54, 1.807) is 18.2 Å². The summed E-state index contributed by atoms with van der Waals surface area (Å²) >= 11 is 0. The van der Waals surface area contributed by atoms with Crippen LogP contribution < -0.4 is 11.1 Å². The van der Waals surface area contributed by atoms with Crippen LogP contribution in [-0.2, 0) is 4.79 Å². The second kappa shape index (κ2) is 4.50. The Labute approximate surface area is 98.0 Å². The number of amides is 1. The monoisotopic (exact) mass is 235 g/mol. The normalized spacial score (nSPS) is 24.2. The molecule has 0 aromatic heterocycles. The molecule has 0 spiro atoms. The Morgan fingerprint density at radius 3 is 2.82 bits per heavy atom. The van der Waals surface area contributed by atoms with E-state index in [2.05, 4.69) is 5.32 Å². The molecule has 0 bridgehead atoms. The van der Waals surface area contributed by atoms with Crippen LogP contribution in [0, 0.1) is 10.1 Å². The first-order valence-electron chi connectivity index (χ1n) is 5.38. The SMILES string of the molecule is NC1CCC(=O)NC1c1ccccc1[N+](=O)[O-]. The van der Waals surface area contributed by atoms with Crippen LogP contribution in [0.2, 0.25) is 0 Å². The second-order valence-corrected chi connectivity index (χ2v) is 4.06. The molecule has 1 amide bonds. The van der Waals surface area contributed by atoms with Crippen molar-refractivity contribution in [2.45, 2.75) is 24.9 Å². The highest BCUT2D eigenvalue weighted by atomic mass is 16.6. The fourth-order valence-electron chi connectivity index (χ4n) is 2.04. The van der Waals surface area contributed by atoms with Gasteiger partial charge in [-0.15, -0.1) is 0 Å². The summed E-state index contributed by atoms with van der Waals surface area (Å²) in [6.45, 7) is 0. The van der Waals surface area contributed by atoms with E-state index in [4.69, 9.17) is 5.73 Å². The Balaban J connectivity index is 2.38. The van der Waals surface area contributed by atoms with Gasteiger partial charge in [-0.3, -0.25) is 14.9 Å². The predicted octanol–water partition coefficient (Wildman–Crippen LogP) is 0.873. The van der Waals surface area contributed by atoms with Crippen molar-refractivity contribution in [2.75, 3.05) is 0 Å². The molecule has 2 atom stereocenters. The van der Waals surface area contributed by atoms with E-state index in [0.29, 0.717) is 18.4 Å². The summed E-state index contributed by atoms with van der Waals surface area (Å²) in [5.74, 6) is -0.116. The van der Waals surface area contributed by atoms with Crippen molar-refractivity contribution in [1.29, 1.82) is 0 Å². The van der Waals surface area contributed by atoms with Crippen molar-refractivity contribution < 1.29 is 9.72 Å². The molecule has 1 aliphatic heterocycles. The number of benzene rings is 1. The number of nitrogens with zero attached hydrogens (tertiary/aromatic N) is 1. The van der Waals surface area contributed by atoms with Gasteiger partial charge >= 0.3 is 0 Å². The van der Waals surface area contributed by atoms with E-state index in [0.717, 1.165) is 0 Å². The highest BCUT2D eigenvalue weighted by Gasteiger charge is 2.31. The summed E-state index contributed by atoms with van der Waals surface area (Å²) in [5, 5.41) is 13.6. The predicted molar refractivity (Wildman–Crippen MR) is 61.2 cm³/mol. The first kappa shape index (κ1) is 11.5. The molecule has 90 valence electrons. The molecule has 6 heteroatoms. The molecule has 2 rings (SSSR count). The Hall–Kier alpha value is -1.95. The summed E-state index contributed by atoms with van der Waals surface area (Å²) < 4.78 is 0. The number of hydrogen-bond acceptors (Lipinski definition) is 4. The van der Waals surface area contributed by atoms with Gasteiger partial charge in [-0.05, 0) is 6.42 Å². The van der Waals surface area contributed by atoms with Crippen molar-refractivity contribution in [2.24, 2.45) is 5.73 Å². The number of nitrogens with two attached hydrogens (primary N) is 1. The molecule has 17 heavy (non-hydrogen) atoms. The Morgan fingerprint density at radius 2 is 2.12 bits per heavy atom.